The Kier molecular flexibility index (Phi) is 10.9. The van der Waals surface area contributed by atoms with Crippen molar-refractivity contribution in [2.75, 3.05) is 31.6 Å². The zero-order chi connectivity index (χ0) is 31.1. The van der Waals surface area contributed by atoms with Crippen LogP contribution >= 0.6 is 11.6 Å². The molecule has 0 aliphatic heterocycles. The zero-order valence-corrected chi connectivity index (χ0v) is 26.3. The number of carbonyl (C=O) groups is 2. The summed E-state index contributed by atoms with van der Waals surface area (Å²) in [6.45, 7) is 6.84. The Labute approximate surface area is 253 Å². The molecular formula is C31H38ClN3O6S. The molecule has 0 bridgehead atoms. The Morgan fingerprint density at radius 2 is 1.55 bits per heavy atom. The van der Waals surface area contributed by atoms with E-state index < -0.39 is 34.1 Å². The van der Waals surface area contributed by atoms with Crippen molar-refractivity contribution in [2.45, 2.75) is 50.6 Å². The quantitative estimate of drug-likeness (QED) is 0.310. The van der Waals surface area contributed by atoms with Crippen LogP contribution in [0.15, 0.2) is 77.7 Å². The molecule has 226 valence electrons. The summed E-state index contributed by atoms with van der Waals surface area (Å²) in [6, 6.07) is 19.1. The number of sulfonamides is 1. The Morgan fingerprint density at radius 1 is 0.929 bits per heavy atom. The van der Waals surface area contributed by atoms with Crippen molar-refractivity contribution in [3.8, 4) is 11.5 Å². The van der Waals surface area contributed by atoms with E-state index in [1.54, 1.807) is 19.1 Å². The van der Waals surface area contributed by atoms with Gasteiger partial charge in [0.25, 0.3) is 10.0 Å². The second kappa shape index (κ2) is 13.9. The van der Waals surface area contributed by atoms with Crippen molar-refractivity contribution < 1.29 is 27.5 Å². The van der Waals surface area contributed by atoms with Gasteiger partial charge < -0.3 is 19.7 Å². The smallest absolute Gasteiger partial charge is 0.264 e. The fourth-order valence-corrected chi connectivity index (χ4v) is 5.84. The number of hydrogen-bond donors (Lipinski definition) is 1. The summed E-state index contributed by atoms with van der Waals surface area (Å²) in [5.41, 5.74) is 0.689. The predicted molar refractivity (Wildman–Crippen MR) is 165 cm³/mol. The average molecular weight is 616 g/mol. The minimum atomic E-state index is -4.29. The van der Waals surface area contributed by atoms with Gasteiger partial charge in [-0.15, -0.1) is 0 Å². The number of amides is 2. The lowest BCUT2D eigenvalue weighted by atomic mass is 10.1. The highest BCUT2D eigenvalue weighted by Gasteiger charge is 2.33. The summed E-state index contributed by atoms with van der Waals surface area (Å²) >= 11 is 6.09. The molecule has 0 radical (unpaired) electrons. The van der Waals surface area contributed by atoms with Gasteiger partial charge >= 0.3 is 0 Å². The first-order valence-electron chi connectivity index (χ1n) is 13.4. The van der Waals surface area contributed by atoms with E-state index in [1.165, 1.54) is 49.5 Å². The molecule has 2 amide bonds. The van der Waals surface area contributed by atoms with E-state index >= 15 is 0 Å². The number of carbonyl (C=O) groups excluding carboxylic acids is 2. The van der Waals surface area contributed by atoms with Gasteiger partial charge in [0.2, 0.25) is 11.8 Å². The first-order chi connectivity index (χ1) is 19.8. The van der Waals surface area contributed by atoms with Crippen molar-refractivity contribution in [2.24, 2.45) is 0 Å². The van der Waals surface area contributed by atoms with E-state index in [-0.39, 0.29) is 28.8 Å². The van der Waals surface area contributed by atoms with Crippen molar-refractivity contribution >= 4 is 39.1 Å². The molecule has 11 heteroatoms. The number of nitrogens with one attached hydrogen (secondary N) is 1. The minimum Gasteiger partial charge on any atom is -0.493 e. The van der Waals surface area contributed by atoms with E-state index in [1.807, 2.05) is 51.1 Å². The molecule has 0 fully saturated rings. The Morgan fingerprint density at radius 3 is 2.12 bits per heavy atom. The molecule has 3 rings (SSSR count). The predicted octanol–water partition coefficient (Wildman–Crippen LogP) is 4.93. The van der Waals surface area contributed by atoms with Crippen LogP contribution in [0.3, 0.4) is 0 Å². The highest BCUT2D eigenvalue weighted by atomic mass is 35.5. The van der Waals surface area contributed by atoms with Crippen LogP contribution in [0, 0.1) is 0 Å². The monoisotopic (exact) mass is 615 g/mol. The number of benzene rings is 3. The number of ether oxygens (including phenoxy) is 2. The summed E-state index contributed by atoms with van der Waals surface area (Å²) in [5.74, 6) is -0.305. The molecule has 0 aliphatic rings. The van der Waals surface area contributed by atoms with Crippen LogP contribution in [0.2, 0.25) is 5.02 Å². The minimum absolute atomic E-state index is 0.0998. The van der Waals surface area contributed by atoms with E-state index in [2.05, 4.69) is 5.32 Å². The third-order valence-corrected chi connectivity index (χ3v) is 8.51. The molecule has 0 saturated carbocycles. The molecule has 0 spiro atoms. The fourth-order valence-electron chi connectivity index (χ4n) is 4.28. The molecule has 9 nitrogen and oxygen atoms in total. The molecule has 42 heavy (non-hydrogen) atoms. The fraction of sp³-hybridized carbons (Fsp3) is 0.355. The van der Waals surface area contributed by atoms with E-state index in [0.29, 0.717) is 17.2 Å². The first-order valence-corrected chi connectivity index (χ1v) is 15.2. The van der Waals surface area contributed by atoms with Crippen LogP contribution in [-0.2, 0) is 26.0 Å². The highest BCUT2D eigenvalue weighted by Crippen LogP contribution is 2.32. The molecule has 1 unspecified atom stereocenters. The third-order valence-electron chi connectivity index (χ3n) is 6.49. The summed E-state index contributed by atoms with van der Waals surface area (Å²) in [5, 5.41) is 3.33. The van der Waals surface area contributed by atoms with Gasteiger partial charge in [0.05, 0.1) is 24.8 Å². The van der Waals surface area contributed by atoms with Crippen LogP contribution in [0.1, 0.15) is 33.3 Å². The molecule has 0 aromatic heterocycles. The van der Waals surface area contributed by atoms with Gasteiger partial charge in [0, 0.05) is 23.2 Å². The van der Waals surface area contributed by atoms with E-state index in [9.17, 15) is 18.0 Å². The SMILES string of the molecule is COc1ccc(S(=O)(=O)N(CC(=O)N(CCc2ccccc2)C(C)C(=O)NC(C)(C)C)c2ccc(Cl)cc2)cc1OC. The second-order valence-corrected chi connectivity index (χ2v) is 13.0. The number of rotatable bonds is 12. The topological polar surface area (TPSA) is 105 Å². The van der Waals surface area contributed by atoms with Crippen molar-refractivity contribution in [3.63, 3.8) is 0 Å². The van der Waals surface area contributed by atoms with Crippen LogP contribution in [0.5, 0.6) is 11.5 Å². The molecule has 0 saturated heterocycles. The lowest BCUT2D eigenvalue weighted by Crippen LogP contribution is -2.55. The van der Waals surface area contributed by atoms with Gasteiger partial charge in [-0.1, -0.05) is 41.9 Å². The van der Waals surface area contributed by atoms with Gasteiger partial charge in [-0.2, -0.15) is 0 Å². The van der Waals surface area contributed by atoms with Crippen molar-refractivity contribution in [1.29, 1.82) is 0 Å². The molecule has 0 heterocycles. The Balaban J connectivity index is 2.03. The first kappa shape index (κ1) is 32.8. The molecule has 1 N–H and O–H groups in total. The number of anilines is 1. The highest BCUT2D eigenvalue weighted by molar-refractivity contribution is 7.92. The Bertz CT molecular complexity index is 1470. The van der Waals surface area contributed by atoms with Gasteiger partial charge in [-0.25, -0.2) is 8.42 Å². The van der Waals surface area contributed by atoms with Crippen LogP contribution in [-0.4, -0.2) is 64.0 Å². The van der Waals surface area contributed by atoms with Crippen LogP contribution in [0.4, 0.5) is 5.69 Å². The normalized spacial score (nSPS) is 12.3. The maximum absolute atomic E-state index is 14.1. The summed E-state index contributed by atoms with van der Waals surface area (Å²) in [4.78, 5) is 28.5. The van der Waals surface area contributed by atoms with Crippen molar-refractivity contribution in [1.82, 2.24) is 10.2 Å². The molecular weight excluding hydrogens is 578 g/mol. The zero-order valence-electron chi connectivity index (χ0n) is 24.8. The summed E-state index contributed by atoms with van der Waals surface area (Å²) in [7, 11) is -1.43. The lowest BCUT2D eigenvalue weighted by Gasteiger charge is -2.33. The summed E-state index contributed by atoms with van der Waals surface area (Å²) < 4.78 is 39.7. The summed E-state index contributed by atoms with van der Waals surface area (Å²) in [6.07, 6.45) is 0.475. The number of halogens is 1. The van der Waals surface area contributed by atoms with Gasteiger partial charge in [-0.05, 0) is 76.1 Å². The average Bonchev–Trinajstić information content (AvgIpc) is 2.95. The number of nitrogens with zero attached hydrogens (tertiary/aromatic N) is 2. The Hall–Kier alpha value is -3.76. The molecule has 1 atom stereocenters. The van der Waals surface area contributed by atoms with Gasteiger partial charge in [0.1, 0.15) is 12.6 Å². The number of hydrogen-bond acceptors (Lipinski definition) is 6. The van der Waals surface area contributed by atoms with Crippen LogP contribution < -0.4 is 19.1 Å². The van der Waals surface area contributed by atoms with Gasteiger partial charge in [-0.3, -0.25) is 13.9 Å². The maximum Gasteiger partial charge on any atom is 0.264 e. The maximum atomic E-state index is 14.1. The van der Waals surface area contributed by atoms with E-state index in [0.717, 1.165) is 9.87 Å². The van der Waals surface area contributed by atoms with Crippen LogP contribution in [0.25, 0.3) is 0 Å². The molecule has 3 aromatic carbocycles. The third kappa shape index (κ3) is 8.39. The van der Waals surface area contributed by atoms with Gasteiger partial charge in [0.15, 0.2) is 11.5 Å². The molecule has 3 aromatic rings. The standard InChI is InChI=1S/C31H38ClN3O6S/c1-22(30(37)33-31(2,3)4)34(19-18-23-10-8-7-9-11-23)29(36)21-35(25-14-12-24(32)13-15-25)42(38,39)26-16-17-27(40-5)28(20-26)41-6/h7-17,20,22H,18-19,21H2,1-6H3,(H,33,37). The second-order valence-electron chi connectivity index (χ2n) is 10.7. The number of methoxy groups -OCH3 is 2. The largest absolute Gasteiger partial charge is 0.493 e. The van der Waals surface area contributed by atoms with Crippen molar-refractivity contribution in [3.05, 3.63) is 83.4 Å². The molecule has 0 aliphatic carbocycles. The lowest BCUT2D eigenvalue weighted by molar-refractivity contribution is -0.139. The van der Waals surface area contributed by atoms with E-state index in [4.69, 9.17) is 21.1 Å².